The predicted octanol–water partition coefficient (Wildman–Crippen LogP) is 1.48. The van der Waals surface area contributed by atoms with Crippen molar-refractivity contribution in [1.29, 1.82) is 0 Å². The molecule has 0 aromatic heterocycles. The van der Waals surface area contributed by atoms with Crippen LogP contribution in [0, 0.1) is 11.8 Å². The Morgan fingerprint density at radius 3 is 2.74 bits per heavy atom. The first-order valence-electron chi connectivity index (χ1n) is 10.3. The van der Waals surface area contributed by atoms with Crippen LogP contribution in [0.15, 0.2) is 18.2 Å². The molecule has 0 spiro atoms. The van der Waals surface area contributed by atoms with Crippen LogP contribution in [0.2, 0.25) is 0 Å². The smallest absolute Gasteiger partial charge is 0.231 e. The number of ether oxygens (including phenoxy) is 2. The van der Waals surface area contributed by atoms with E-state index in [4.69, 9.17) is 9.47 Å². The zero-order valence-corrected chi connectivity index (χ0v) is 16.5. The van der Waals surface area contributed by atoms with Crippen molar-refractivity contribution >= 4 is 0 Å². The lowest BCUT2D eigenvalue weighted by Gasteiger charge is -2.39. The minimum absolute atomic E-state index is 0.289. The van der Waals surface area contributed by atoms with E-state index in [-0.39, 0.29) is 6.61 Å². The third-order valence-electron chi connectivity index (χ3n) is 6.13. The van der Waals surface area contributed by atoms with Gasteiger partial charge < -0.3 is 24.4 Å². The van der Waals surface area contributed by atoms with Gasteiger partial charge in [-0.25, -0.2) is 0 Å². The lowest BCUT2D eigenvalue weighted by molar-refractivity contribution is 0.0627. The van der Waals surface area contributed by atoms with Gasteiger partial charge in [-0.15, -0.1) is 0 Å². The van der Waals surface area contributed by atoms with Crippen LogP contribution in [0.4, 0.5) is 0 Å². The summed E-state index contributed by atoms with van der Waals surface area (Å²) in [6.07, 6.45) is 2.40. The van der Waals surface area contributed by atoms with E-state index in [0.717, 1.165) is 50.6 Å². The molecule has 0 bridgehead atoms. The third-order valence-corrected chi connectivity index (χ3v) is 6.13. The second-order valence-electron chi connectivity index (χ2n) is 8.49. The Labute approximate surface area is 162 Å². The van der Waals surface area contributed by atoms with Gasteiger partial charge >= 0.3 is 0 Å². The van der Waals surface area contributed by atoms with E-state index in [9.17, 15) is 5.11 Å². The number of rotatable bonds is 5. The predicted molar refractivity (Wildman–Crippen MR) is 105 cm³/mol. The van der Waals surface area contributed by atoms with Crippen LogP contribution >= 0.6 is 0 Å². The molecule has 1 aromatic carbocycles. The topological polar surface area (TPSA) is 48.4 Å². The summed E-state index contributed by atoms with van der Waals surface area (Å²) < 4.78 is 10.9. The van der Waals surface area contributed by atoms with E-state index in [1.807, 2.05) is 6.07 Å². The fraction of sp³-hybridized carbons (Fsp3) is 0.714. The molecule has 0 radical (unpaired) electrons. The van der Waals surface area contributed by atoms with Gasteiger partial charge in [0.05, 0.1) is 0 Å². The number of benzene rings is 1. The van der Waals surface area contributed by atoms with Crippen LogP contribution in [-0.4, -0.2) is 86.1 Å². The Balaban J connectivity index is 1.36. The van der Waals surface area contributed by atoms with Crippen molar-refractivity contribution in [3.8, 4) is 11.5 Å². The lowest BCUT2D eigenvalue weighted by atomic mass is 9.89. The average Bonchev–Trinajstić information content (AvgIpc) is 3.04. The van der Waals surface area contributed by atoms with E-state index in [0.29, 0.717) is 18.6 Å². The number of aliphatic hydroxyl groups is 1. The summed E-state index contributed by atoms with van der Waals surface area (Å²) >= 11 is 0. The molecular formula is C21H33N3O3. The molecule has 2 saturated heterocycles. The van der Waals surface area contributed by atoms with E-state index < -0.39 is 0 Å². The van der Waals surface area contributed by atoms with Gasteiger partial charge in [-0.05, 0) is 62.5 Å². The molecule has 0 amide bonds. The largest absolute Gasteiger partial charge is 0.454 e. The summed E-state index contributed by atoms with van der Waals surface area (Å²) in [6.45, 7) is 9.49. The molecule has 0 saturated carbocycles. The molecule has 1 aromatic rings. The van der Waals surface area contributed by atoms with Crippen molar-refractivity contribution in [3.05, 3.63) is 23.8 Å². The van der Waals surface area contributed by atoms with Crippen LogP contribution in [0.1, 0.15) is 18.4 Å². The lowest BCUT2D eigenvalue weighted by Crippen LogP contribution is -2.45. The summed E-state index contributed by atoms with van der Waals surface area (Å²) in [7, 11) is 2.22. The Bertz CT molecular complexity index is 627. The summed E-state index contributed by atoms with van der Waals surface area (Å²) in [5.41, 5.74) is 1.26. The highest BCUT2D eigenvalue weighted by atomic mass is 16.7. The Morgan fingerprint density at radius 2 is 1.85 bits per heavy atom. The average molecular weight is 376 g/mol. The highest BCUT2D eigenvalue weighted by Gasteiger charge is 2.29. The van der Waals surface area contributed by atoms with E-state index in [1.54, 1.807) is 0 Å². The second kappa shape index (κ2) is 8.78. The molecule has 4 rings (SSSR count). The van der Waals surface area contributed by atoms with Gasteiger partial charge in [-0.1, -0.05) is 6.07 Å². The number of hydrogen-bond acceptors (Lipinski definition) is 6. The molecule has 0 aliphatic carbocycles. The van der Waals surface area contributed by atoms with Crippen LogP contribution in [0.5, 0.6) is 11.5 Å². The maximum absolute atomic E-state index is 9.82. The zero-order valence-electron chi connectivity index (χ0n) is 16.5. The monoisotopic (exact) mass is 375 g/mol. The third kappa shape index (κ3) is 4.93. The molecule has 1 N–H and O–H groups in total. The summed E-state index contributed by atoms with van der Waals surface area (Å²) in [5.74, 6) is 2.71. The number of piperidine rings is 1. The molecule has 0 unspecified atom stereocenters. The summed E-state index contributed by atoms with van der Waals surface area (Å²) in [4.78, 5) is 7.58. The number of nitrogens with zero attached hydrogens (tertiary/aromatic N) is 3. The zero-order chi connectivity index (χ0) is 18.6. The SMILES string of the molecule is CN1CCCN(C[C@H]2C[C@H](CO)CN(Cc3ccc4c(c3)OCO4)C2)CC1. The van der Waals surface area contributed by atoms with E-state index >= 15 is 0 Å². The Morgan fingerprint density at radius 1 is 1.00 bits per heavy atom. The Kier molecular flexibility index (Phi) is 6.18. The summed E-state index contributed by atoms with van der Waals surface area (Å²) in [5, 5.41) is 9.82. The van der Waals surface area contributed by atoms with Gasteiger partial charge in [0.15, 0.2) is 11.5 Å². The van der Waals surface area contributed by atoms with Crippen molar-refractivity contribution < 1.29 is 14.6 Å². The fourth-order valence-corrected chi connectivity index (χ4v) is 4.76. The first-order valence-corrected chi connectivity index (χ1v) is 10.3. The quantitative estimate of drug-likeness (QED) is 0.841. The maximum atomic E-state index is 9.82. The normalized spacial score (nSPS) is 27.6. The highest BCUT2D eigenvalue weighted by Crippen LogP contribution is 2.33. The maximum Gasteiger partial charge on any atom is 0.231 e. The minimum Gasteiger partial charge on any atom is -0.454 e. The van der Waals surface area contributed by atoms with E-state index in [2.05, 4.69) is 33.9 Å². The molecule has 3 aliphatic rings. The highest BCUT2D eigenvalue weighted by molar-refractivity contribution is 5.44. The molecule has 6 nitrogen and oxygen atoms in total. The Hall–Kier alpha value is -1.34. The van der Waals surface area contributed by atoms with Gasteiger partial charge in [0.1, 0.15) is 0 Å². The van der Waals surface area contributed by atoms with Crippen molar-refractivity contribution in [2.75, 3.05) is 66.3 Å². The standard InChI is InChI=1S/C21H33N3O3/c1-22-5-2-6-23(8-7-22)12-18-9-19(15-25)14-24(13-18)11-17-3-4-20-21(10-17)27-16-26-20/h3-4,10,18-19,25H,2,5-9,11-16H2,1H3/t18-,19+/m1/s1. The molecule has 150 valence electrons. The molecule has 3 aliphatic heterocycles. The fourth-order valence-electron chi connectivity index (χ4n) is 4.76. The van der Waals surface area contributed by atoms with Crippen LogP contribution in [-0.2, 0) is 6.54 Å². The van der Waals surface area contributed by atoms with Crippen molar-refractivity contribution in [2.45, 2.75) is 19.4 Å². The number of aliphatic hydroxyl groups excluding tert-OH is 1. The van der Waals surface area contributed by atoms with E-state index in [1.165, 1.54) is 31.6 Å². The first kappa shape index (κ1) is 19.0. The number of likely N-dealkylation sites (tertiary alicyclic amines) is 1. The van der Waals surface area contributed by atoms with Crippen molar-refractivity contribution in [2.24, 2.45) is 11.8 Å². The molecule has 6 heteroatoms. The first-order chi connectivity index (χ1) is 13.2. The molecule has 3 heterocycles. The molecule has 2 fully saturated rings. The minimum atomic E-state index is 0.289. The van der Waals surface area contributed by atoms with Gasteiger partial charge in [0.2, 0.25) is 6.79 Å². The van der Waals surface area contributed by atoms with Crippen LogP contribution < -0.4 is 9.47 Å². The summed E-state index contributed by atoms with van der Waals surface area (Å²) in [6, 6.07) is 6.25. The number of fused-ring (bicyclic) bond motifs is 1. The molecular weight excluding hydrogens is 342 g/mol. The van der Waals surface area contributed by atoms with Gasteiger partial charge in [-0.2, -0.15) is 0 Å². The van der Waals surface area contributed by atoms with Gasteiger partial charge in [-0.3, -0.25) is 4.90 Å². The molecule has 27 heavy (non-hydrogen) atoms. The van der Waals surface area contributed by atoms with Gasteiger partial charge in [0, 0.05) is 45.9 Å². The van der Waals surface area contributed by atoms with Crippen molar-refractivity contribution in [1.82, 2.24) is 14.7 Å². The van der Waals surface area contributed by atoms with Crippen molar-refractivity contribution in [3.63, 3.8) is 0 Å². The van der Waals surface area contributed by atoms with Gasteiger partial charge in [0.25, 0.3) is 0 Å². The number of likely N-dealkylation sites (N-methyl/N-ethyl adjacent to an activating group) is 1. The van der Waals surface area contributed by atoms with Crippen LogP contribution in [0.25, 0.3) is 0 Å². The number of hydrogen-bond donors (Lipinski definition) is 1. The molecule has 2 atom stereocenters. The second-order valence-corrected chi connectivity index (χ2v) is 8.49. The van der Waals surface area contributed by atoms with Crippen LogP contribution in [0.3, 0.4) is 0 Å².